The van der Waals surface area contributed by atoms with Gasteiger partial charge in [-0.2, -0.15) is 0 Å². The van der Waals surface area contributed by atoms with Crippen LogP contribution in [0.4, 0.5) is 0 Å². The van der Waals surface area contributed by atoms with Gasteiger partial charge in [-0.3, -0.25) is 4.98 Å². The highest BCUT2D eigenvalue weighted by molar-refractivity contribution is 5.87. The van der Waals surface area contributed by atoms with E-state index in [-0.39, 0.29) is 0 Å². The van der Waals surface area contributed by atoms with Gasteiger partial charge < -0.3 is 5.11 Å². The quantitative estimate of drug-likeness (QED) is 0.744. The Morgan fingerprint density at radius 1 is 1.05 bits per heavy atom. The van der Waals surface area contributed by atoms with Crippen LogP contribution in [0.5, 0.6) is 0 Å². The van der Waals surface area contributed by atoms with Gasteiger partial charge in [-0.1, -0.05) is 47.9 Å². The maximum atomic E-state index is 9.52. The Labute approximate surface area is 130 Å². The molecule has 1 N–H and O–H groups in total. The smallest absolute Gasteiger partial charge is 0.120 e. The van der Waals surface area contributed by atoms with Crippen molar-refractivity contribution in [2.24, 2.45) is 0 Å². The zero-order chi connectivity index (χ0) is 15.5. The van der Waals surface area contributed by atoms with Crippen LogP contribution < -0.4 is 0 Å². The molecule has 0 saturated carbocycles. The van der Waals surface area contributed by atoms with Crippen molar-refractivity contribution in [2.45, 2.75) is 19.4 Å². The molecule has 1 unspecified atom stereocenters. The van der Waals surface area contributed by atoms with Gasteiger partial charge in [0.15, 0.2) is 0 Å². The fourth-order valence-corrected chi connectivity index (χ4v) is 2.48. The van der Waals surface area contributed by atoms with Crippen molar-refractivity contribution in [2.75, 3.05) is 0 Å². The molecule has 3 rings (SSSR count). The predicted octanol–water partition coefficient (Wildman–Crippen LogP) is 3.75. The van der Waals surface area contributed by atoms with Crippen LogP contribution in [0.1, 0.15) is 11.3 Å². The van der Waals surface area contributed by atoms with Crippen molar-refractivity contribution in [3.05, 3.63) is 66.0 Å². The minimum atomic E-state index is -0.781. The Bertz CT molecular complexity index is 844. The molecule has 0 bridgehead atoms. The van der Waals surface area contributed by atoms with Crippen LogP contribution in [0, 0.1) is 19.3 Å². The molecule has 2 aromatic carbocycles. The largest absolute Gasteiger partial charge is 0.380 e. The molecule has 1 atom stereocenters. The normalized spacial score (nSPS) is 12.0. The third-order valence-electron chi connectivity index (χ3n) is 3.76. The van der Waals surface area contributed by atoms with Crippen molar-refractivity contribution in [1.29, 1.82) is 0 Å². The maximum Gasteiger partial charge on any atom is 0.120 e. The molecular weight excluding hydrogens is 270 g/mol. The lowest BCUT2D eigenvalue weighted by molar-refractivity contribution is 0.232. The molecule has 0 aliphatic heterocycles. The summed E-state index contributed by atoms with van der Waals surface area (Å²) < 4.78 is 0. The molecule has 108 valence electrons. The summed E-state index contributed by atoms with van der Waals surface area (Å²) >= 11 is 0. The van der Waals surface area contributed by atoms with Crippen LogP contribution in [-0.2, 0) is 6.42 Å². The minimum Gasteiger partial charge on any atom is -0.380 e. The Balaban J connectivity index is 1.96. The summed E-state index contributed by atoms with van der Waals surface area (Å²) in [4.78, 5) is 4.39. The third kappa shape index (κ3) is 3.00. The number of aryl methyl sites for hydroxylation is 1. The van der Waals surface area contributed by atoms with Gasteiger partial charge in [0.1, 0.15) is 6.10 Å². The number of pyridine rings is 1. The highest BCUT2D eigenvalue weighted by atomic mass is 16.3. The molecule has 1 heterocycles. The minimum absolute atomic E-state index is 0.381. The average Bonchev–Trinajstić information content (AvgIpc) is 2.55. The van der Waals surface area contributed by atoms with Gasteiger partial charge in [-0.25, -0.2) is 0 Å². The first kappa shape index (κ1) is 14.3. The van der Waals surface area contributed by atoms with Crippen LogP contribution >= 0.6 is 0 Å². The summed E-state index contributed by atoms with van der Waals surface area (Å²) in [6.45, 7) is 2.08. The fourth-order valence-electron chi connectivity index (χ4n) is 2.48. The second-order valence-corrected chi connectivity index (χ2v) is 5.49. The number of fused-ring (bicyclic) bond motifs is 1. The molecule has 0 aliphatic carbocycles. The van der Waals surface area contributed by atoms with Gasteiger partial charge in [0.25, 0.3) is 0 Å². The molecule has 22 heavy (non-hydrogen) atoms. The molecule has 0 amide bonds. The molecule has 3 aromatic rings. The molecular formula is C20H17NO. The van der Waals surface area contributed by atoms with E-state index in [1.54, 1.807) is 0 Å². The van der Waals surface area contributed by atoms with Crippen LogP contribution in [0.3, 0.4) is 0 Å². The van der Waals surface area contributed by atoms with Crippen LogP contribution in [-0.4, -0.2) is 16.2 Å². The first-order chi connectivity index (χ1) is 10.7. The van der Waals surface area contributed by atoms with Crippen LogP contribution in [0.15, 0.2) is 54.7 Å². The number of aliphatic hydroxyl groups excluding tert-OH is 1. The number of hydrogen-bond donors (Lipinski definition) is 1. The Morgan fingerprint density at radius 3 is 2.50 bits per heavy atom. The monoisotopic (exact) mass is 287 g/mol. The van der Waals surface area contributed by atoms with E-state index in [1.807, 2.05) is 12.3 Å². The Morgan fingerprint density at radius 2 is 1.77 bits per heavy atom. The lowest BCUT2D eigenvalue weighted by Gasteiger charge is -2.07. The number of aromatic nitrogens is 1. The second-order valence-electron chi connectivity index (χ2n) is 5.49. The van der Waals surface area contributed by atoms with E-state index in [0.29, 0.717) is 6.42 Å². The number of rotatable bonds is 3. The van der Waals surface area contributed by atoms with E-state index in [2.05, 4.69) is 60.3 Å². The van der Waals surface area contributed by atoms with Gasteiger partial charge in [-0.05, 0) is 35.6 Å². The van der Waals surface area contributed by atoms with Crippen molar-refractivity contribution < 1.29 is 5.11 Å². The summed E-state index contributed by atoms with van der Waals surface area (Å²) in [5.74, 6) is 2.31. The number of aliphatic hydroxyl groups is 1. The molecule has 2 heteroatoms. The van der Waals surface area contributed by atoms with E-state index in [1.165, 1.54) is 16.7 Å². The van der Waals surface area contributed by atoms with Crippen LogP contribution in [0.25, 0.3) is 21.9 Å². The van der Waals surface area contributed by atoms with Crippen molar-refractivity contribution in [3.8, 4) is 23.5 Å². The number of terminal acetylenes is 1. The van der Waals surface area contributed by atoms with Crippen molar-refractivity contribution in [1.82, 2.24) is 4.98 Å². The highest BCUT2D eigenvalue weighted by Crippen LogP contribution is 2.25. The zero-order valence-electron chi connectivity index (χ0n) is 12.5. The van der Waals surface area contributed by atoms with Gasteiger partial charge in [0, 0.05) is 23.7 Å². The molecule has 2 nitrogen and oxygen atoms in total. The molecule has 0 spiro atoms. The van der Waals surface area contributed by atoms with Gasteiger partial charge >= 0.3 is 0 Å². The molecule has 0 saturated heterocycles. The number of hydrogen-bond acceptors (Lipinski definition) is 2. The topological polar surface area (TPSA) is 33.1 Å². The standard InChI is InChI=1S/C20H17NO/c1-3-20(22)12-19-11-17-9-8-16(10-18(17)13-21-19)15-6-4-14(2)5-7-15/h1,4-11,13,20,22H,12H2,2H3. The summed E-state index contributed by atoms with van der Waals surface area (Å²) in [5.41, 5.74) is 4.42. The van der Waals surface area contributed by atoms with Crippen molar-refractivity contribution >= 4 is 10.8 Å². The lowest BCUT2D eigenvalue weighted by Crippen LogP contribution is -2.07. The molecule has 1 aromatic heterocycles. The zero-order valence-corrected chi connectivity index (χ0v) is 12.5. The summed E-state index contributed by atoms with van der Waals surface area (Å²) in [6, 6.07) is 16.8. The predicted molar refractivity (Wildman–Crippen MR) is 90.5 cm³/mol. The van der Waals surface area contributed by atoms with Gasteiger partial charge in [-0.15, -0.1) is 6.42 Å². The fraction of sp³-hybridized carbons (Fsp3) is 0.150. The molecule has 0 fully saturated rings. The Kier molecular flexibility index (Phi) is 3.91. The maximum absolute atomic E-state index is 9.52. The first-order valence-corrected chi connectivity index (χ1v) is 7.25. The first-order valence-electron chi connectivity index (χ1n) is 7.25. The van der Waals surface area contributed by atoms with E-state index in [9.17, 15) is 5.11 Å². The Hall–Kier alpha value is -2.63. The second kappa shape index (κ2) is 6.01. The van der Waals surface area contributed by atoms with E-state index >= 15 is 0 Å². The van der Waals surface area contributed by atoms with Crippen molar-refractivity contribution in [3.63, 3.8) is 0 Å². The molecule has 0 aliphatic rings. The number of nitrogens with zero attached hydrogens (tertiary/aromatic N) is 1. The third-order valence-corrected chi connectivity index (χ3v) is 3.76. The average molecular weight is 287 g/mol. The summed E-state index contributed by atoms with van der Waals surface area (Å²) in [5, 5.41) is 11.7. The summed E-state index contributed by atoms with van der Waals surface area (Å²) in [7, 11) is 0. The van der Waals surface area contributed by atoms with Gasteiger partial charge in [0.05, 0.1) is 0 Å². The highest BCUT2D eigenvalue weighted by Gasteiger charge is 2.05. The molecule has 0 radical (unpaired) electrons. The lowest BCUT2D eigenvalue weighted by atomic mass is 10.0. The van der Waals surface area contributed by atoms with E-state index in [4.69, 9.17) is 6.42 Å². The van der Waals surface area contributed by atoms with E-state index < -0.39 is 6.10 Å². The summed E-state index contributed by atoms with van der Waals surface area (Å²) in [6.07, 6.45) is 6.64. The van der Waals surface area contributed by atoms with Crippen LogP contribution in [0.2, 0.25) is 0 Å². The number of benzene rings is 2. The van der Waals surface area contributed by atoms with Gasteiger partial charge in [0.2, 0.25) is 0 Å². The van der Waals surface area contributed by atoms with E-state index in [0.717, 1.165) is 16.5 Å². The SMILES string of the molecule is C#CC(O)Cc1cc2ccc(-c3ccc(C)cc3)cc2cn1.